The van der Waals surface area contributed by atoms with E-state index in [4.69, 9.17) is 4.74 Å². The number of rotatable bonds is 8. The lowest BCUT2D eigenvalue weighted by molar-refractivity contribution is -0.137. The molecule has 2 aromatic carbocycles. The number of hydrogen-bond donors (Lipinski definition) is 1. The molecule has 0 radical (unpaired) electrons. The fourth-order valence-electron chi connectivity index (χ4n) is 3.41. The zero-order chi connectivity index (χ0) is 21.6. The van der Waals surface area contributed by atoms with E-state index in [2.05, 4.69) is 5.32 Å². The molecule has 1 aliphatic heterocycles. The smallest absolute Gasteiger partial charge is 0.260 e. The number of hydrogen-bond acceptors (Lipinski definition) is 5. The number of para-hydroxylation sites is 1. The quantitative estimate of drug-likeness (QED) is 0.690. The normalized spacial score (nSPS) is 17.3. The average molecular weight is 431 g/mol. The molecule has 0 saturated carbocycles. The second-order valence-corrected chi connectivity index (χ2v) is 9.45. The fourth-order valence-corrected chi connectivity index (χ4v) is 5.08. The van der Waals surface area contributed by atoms with E-state index in [1.54, 1.807) is 13.0 Å². The zero-order valence-corrected chi connectivity index (χ0v) is 17.7. The van der Waals surface area contributed by atoms with Crippen molar-refractivity contribution in [1.82, 2.24) is 10.2 Å². The van der Waals surface area contributed by atoms with Crippen LogP contribution in [0.4, 0.5) is 0 Å². The Balaban J connectivity index is 1.57. The number of sulfone groups is 1. The molecule has 1 atom stereocenters. The summed E-state index contributed by atoms with van der Waals surface area (Å²) in [4.78, 5) is 26.2. The van der Waals surface area contributed by atoms with Crippen LogP contribution in [-0.4, -0.2) is 62.4 Å². The maximum absolute atomic E-state index is 12.6. The van der Waals surface area contributed by atoms with Gasteiger partial charge < -0.3 is 15.0 Å². The Morgan fingerprint density at radius 3 is 2.47 bits per heavy atom. The predicted octanol–water partition coefficient (Wildman–Crippen LogP) is 1.88. The van der Waals surface area contributed by atoms with Crippen LogP contribution < -0.4 is 10.1 Å². The van der Waals surface area contributed by atoms with E-state index >= 15 is 0 Å². The van der Waals surface area contributed by atoms with Crippen LogP contribution >= 0.6 is 0 Å². The number of nitrogens with zero attached hydrogens (tertiary/aromatic N) is 1. The molecule has 0 unspecified atom stereocenters. The Morgan fingerprint density at radius 2 is 1.80 bits per heavy atom. The second kappa shape index (κ2) is 9.75. The number of ether oxygens (including phenoxy) is 1. The van der Waals surface area contributed by atoms with Gasteiger partial charge in [-0.1, -0.05) is 48.5 Å². The van der Waals surface area contributed by atoms with Crippen molar-refractivity contribution in [1.29, 1.82) is 0 Å². The third-order valence-electron chi connectivity index (χ3n) is 4.99. The van der Waals surface area contributed by atoms with Crippen molar-refractivity contribution in [3.05, 3.63) is 54.6 Å². The molecule has 2 amide bonds. The summed E-state index contributed by atoms with van der Waals surface area (Å²) in [5.74, 6) is -0.0402. The minimum absolute atomic E-state index is 0.0435. The van der Waals surface area contributed by atoms with Crippen LogP contribution in [0.1, 0.15) is 13.3 Å². The van der Waals surface area contributed by atoms with Crippen molar-refractivity contribution in [2.75, 3.05) is 31.2 Å². The van der Waals surface area contributed by atoms with E-state index in [0.29, 0.717) is 18.7 Å². The van der Waals surface area contributed by atoms with Gasteiger partial charge >= 0.3 is 0 Å². The molecule has 30 heavy (non-hydrogen) atoms. The second-order valence-electron chi connectivity index (χ2n) is 7.23. The van der Waals surface area contributed by atoms with Gasteiger partial charge in [0.25, 0.3) is 5.91 Å². The topological polar surface area (TPSA) is 92.8 Å². The number of carbonyl (C=O) groups excluding carboxylic acids is 2. The first-order chi connectivity index (χ1) is 14.4. The Labute approximate surface area is 177 Å². The van der Waals surface area contributed by atoms with Crippen LogP contribution in [0, 0.1) is 0 Å². The van der Waals surface area contributed by atoms with Crippen LogP contribution in [0.2, 0.25) is 0 Å². The summed E-state index contributed by atoms with van der Waals surface area (Å²) in [6.07, 6.45) is 0.410. The van der Waals surface area contributed by atoms with Gasteiger partial charge in [-0.2, -0.15) is 0 Å². The lowest BCUT2D eigenvalue weighted by atomic mass is 10.1. The monoisotopic (exact) mass is 430 g/mol. The molecule has 1 aliphatic rings. The molecule has 0 spiro atoms. The van der Waals surface area contributed by atoms with Crippen LogP contribution in [0.5, 0.6) is 5.75 Å². The summed E-state index contributed by atoms with van der Waals surface area (Å²) in [6.45, 7) is 1.81. The summed E-state index contributed by atoms with van der Waals surface area (Å²) in [6, 6.07) is 16.8. The highest BCUT2D eigenvalue weighted by Crippen LogP contribution is 2.29. The molecule has 7 nitrogen and oxygen atoms in total. The van der Waals surface area contributed by atoms with Crippen molar-refractivity contribution >= 4 is 21.7 Å². The van der Waals surface area contributed by atoms with Gasteiger partial charge in [-0.25, -0.2) is 8.42 Å². The predicted molar refractivity (Wildman–Crippen MR) is 115 cm³/mol. The van der Waals surface area contributed by atoms with Crippen LogP contribution in [0.15, 0.2) is 54.6 Å². The SMILES string of the molecule is CCN(CC(=O)N[C@H]1CCS(=O)(=O)C1)C(=O)COc1ccccc1-c1ccccc1. The van der Waals surface area contributed by atoms with Gasteiger partial charge in [-0.3, -0.25) is 9.59 Å². The maximum Gasteiger partial charge on any atom is 0.260 e. The van der Waals surface area contributed by atoms with Gasteiger partial charge in [0.2, 0.25) is 5.91 Å². The summed E-state index contributed by atoms with van der Waals surface area (Å²) >= 11 is 0. The summed E-state index contributed by atoms with van der Waals surface area (Å²) in [7, 11) is -3.07. The molecule has 1 saturated heterocycles. The molecular formula is C22H26N2O5S. The Kier molecular flexibility index (Phi) is 7.10. The lowest BCUT2D eigenvalue weighted by Crippen LogP contribution is -2.45. The maximum atomic E-state index is 12.6. The lowest BCUT2D eigenvalue weighted by Gasteiger charge is -2.22. The standard InChI is InChI=1S/C22H26N2O5S/c1-2-24(14-21(25)23-18-12-13-30(27,28)16-18)22(26)15-29-20-11-7-6-10-19(20)17-8-4-3-5-9-17/h3-11,18H,2,12-16H2,1H3,(H,23,25)/t18-/m0/s1. The summed E-state index contributed by atoms with van der Waals surface area (Å²) in [5.41, 5.74) is 1.87. The third kappa shape index (κ3) is 5.82. The minimum Gasteiger partial charge on any atom is -0.483 e. The number of benzene rings is 2. The van der Waals surface area contributed by atoms with Gasteiger partial charge in [0, 0.05) is 18.2 Å². The molecule has 160 valence electrons. The minimum atomic E-state index is -3.07. The average Bonchev–Trinajstić information content (AvgIpc) is 3.09. The summed E-state index contributed by atoms with van der Waals surface area (Å²) < 4.78 is 28.8. The van der Waals surface area contributed by atoms with Gasteiger partial charge in [0.1, 0.15) is 5.75 Å². The van der Waals surface area contributed by atoms with E-state index in [0.717, 1.165) is 11.1 Å². The van der Waals surface area contributed by atoms with Gasteiger partial charge in [0.05, 0.1) is 18.1 Å². The molecule has 1 N–H and O–H groups in total. The van der Waals surface area contributed by atoms with E-state index in [-0.39, 0.29) is 42.5 Å². The van der Waals surface area contributed by atoms with Gasteiger partial charge in [-0.05, 0) is 25.0 Å². The molecule has 0 bridgehead atoms. The van der Waals surface area contributed by atoms with E-state index in [1.165, 1.54) is 4.90 Å². The fraction of sp³-hybridized carbons (Fsp3) is 0.364. The summed E-state index contributed by atoms with van der Waals surface area (Å²) in [5, 5.41) is 2.71. The van der Waals surface area contributed by atoms with Crippen molar-refractivity contribution in [2.24, 2.45) is 0 Å². The van der Waals surface area contributed by atoms with Crippen molar-refractivity contribution in [3.63, 3.8) is 0 Å². The highest BCUT2D eigenvalue weighted by molar-refractivity contribution is 7.91. The molecular weight excluding hydrogens is 404 g/mol. The third-order valence-corrected chi connectivity index (χ3v) is 6.76. The molecule has 0 aliphatic carbocycles. The van der Waals surface area contributed by atoms with Crippen molar-refractivity contribution in [3.8, 4) is 16.9 Å². The van der Waals surface area contributed by atoms with E-state index < -0.39 is 9.84 Å². The number of amides is 2. The first-order valence-electron chi connectivity index (χ1n) is 9.93. The van der Waals surface area contributed by atoms with Crippen molar-refractivity contribution in [2.45, 2.75) is 19.4 Å². The number of likely N-dealkylation sites (N-methyl/N-ethyl adjacent to an activating group) is 1. The number of carbonyl (C=O) groups is 2. The first kappa shape index (κ1) is 21.8. The van der Waals surface area contributed by atoms with Gasteiger partial charge in [0.15, 0.2) is 16.4 Å². The van der Waals surface area contributed by atoms with Crippen LogP contribution in [0.25, 0.3) is 11.1 Å². The molecule has 0 aromatic heterocycles. The first-order valence-corrected chi connectivity index (χ1v) is 11.7. The zero-order valence-electron chi connectivity index (χ0n) is 16.9. The molecule has 1 heterocycles. The molecule has 3 rings (SSSR count). The van der Waals surface area contributed by atoms with Crippen LogP contribution in [-0.2, 0) is 19.4 Å². The Morgan fingerprint density at radius 1 is 1.10 bits per heavy atom. The molecule has 8 heteroatoms. The van der Waals surface area contributed by atoms with E-state index in [9.17, 15) is 18.0 Å². The largest absolute Gasteiger partial charge is 0.483 e. The van der Waals surface area contributed by atoms with Crippen LogP contribution in [0.3, 0.4) is 0 Å². The Bertz CT molecular complexity index is 992. The van der Waals surface area contributed by atoms with E-state index in [1.807, 2.05) is 48.5 Å². The molecule has 2 aromatic rings. The highest BCUT2D eigenvalue weighted by atomic mass is 32.2. The van der Waals surface area contributed by atoms with Gasteiger partial charge in [-0.15, -0.1) is 0 Å². The van der Waals surface area contributed by atoms with Crippen molar-refractivity contribution < 1.29 is 22.7 Å². The molecule has 1 fully saturated rings. The highest BCUT2D eigenvalue weighted by Gasteiger charge is 2.29. The number of nitrogens with one attached hydrogen (secondary N) is 1. The Hall–Kier alpha value is -2.87.